The monoisotopic (exact) mass is 275 g/mol. The molecule has 0 saturated heterocycles. The topological polar surface area (TPSA) is 76.5 Å². The van der Waals surface area contributed by atoms with Gasteiger partial charge in [-0.05, 0) is 18.2 Å². The Labute approximate surface area is 117 Å². The lowest BCUT2D eigenvalue weighted by Crippen LogP contribution is -2.02. The second kappa shape index (κ2) is 6.21. The van der Waals surface area contributed by atoms with Gasteiger partial charge in [0.05, 0.1) is 19.4 Å². The van der Waals surface area contributed by atoms with Crippen LogP contribution in [-0.4, -0.2) is 36.3 Å². The van der Waals surface area contributed by atoms with Crippen molar-refractivity contribution in [2.24, 2.45) is 0 Å². The van der Waals surface area contributed by atoms with Gasteiger partial charge in [-0.15, -0.1) is 0 Å². The molecule has 0 radical (unpaired) electrons. The molecule has 0 aliphatic heterocycles. The SMILES string of the molecule is CNc1cc(COC)nc(-c2ccc(OC)c(O)c2)n1. The number of hydrogen-bond acceptors (Lipinski definition) is 6. The summed E-state index contributed by atoms with van der Waals surface area (Å²) in [6, 6.07) is 6.86. The summed E-state index contributed by atoms with van der Waals surface area (Å²) < 4.78 is 10.1. The molecule has 0 aliphatic rings. The maximum atomic E-state index is 9.83. The minimum absolute atomic E-state index is 0.0525. The fraction of sp³-hybridized carbons (Fsp3) is 0.286. The maximum absolute atomic E-state index is 9.83. The van der Waals surface area contributed by atoms with Gasteiger partial charge in [-0.2, -0.15) is 0 Å². The fourth-order valence-electron chi connectivity index (χ4n) is 1.81. The predicted molar refractivity (Wildman–Crippen MR) is 75.9 cm³/mol. The molecule has 2 N–H and O–H groups in total. The molecular weight excluding hydrogens is 258 g/mol. The molecule has 1 heterocycles. The lowest BCUT2D eigenvalue weighted by molar-refractivity contribution is 0.181. The van der Waals surface area contributed by atoms with E-state index in [2.05, 4.69) is 15.3 Å². The van der Waals surface area contributed by atoms with Crippen LogP contribution in [0.4, 0.5) is 5.82 Å². The molecule has 1 aromatic heterocycles. The molecule has 6 heteroatoms. The largest absolute Gasteiger partial charge is 0.504 e. The van der Waals surface area contributed by atoms with E-state index in [-0.39, 0.29) is 5.75 Å². The third-order valence-corrected chi connectivity index (χ3v) is 2.76. The Balaban J connectivity index is 2.45. The average molecular weight is 275 g/mol. The number of rotatable bonds is 5. The van der Waals surface area contributed by atoms with Gasteiger partial charge in [0.15, 0.2) is 17.3 Å². The van der Waals surface area contributed by atoms with E-state index in [1.54, 1.807) is 32.4 Å². The van der Waals surface area contributed by atoms with Crippen LogP contribution in [0.3, 0.4) is 0 Å². The van der Waals surface area contributed by atoms with Crippen molar-refractivity contribution in [1.82, 2.24) is 9.97 Å². The Morgan fingerprint density at radius 1 is 1.20 bits per heavy atom. The first-order chi connectivity index (χ1) is 9.67. The molecule has 20 heavy (non-hydrogen) atoms. The summed E-state index contributed by atoms with van der Waals surface area (Å²) in [6.07, 6.45) is 0. The molecule has 0 saturated carbocycles. The van der Waals surface area contributed by atoms with E-state index in [1.165, 1.54) is 7.11 Å². The van der Waals surface area contributed by atoms with Gasteiger partial charge in [0.2, 0.25) is 0 Å². The van der Waals surface area contributed by atoms with Crippen LogP contribution in [0.5, 0.6) is 11.5 Å². The molecule has 0 spiro atoms. The summed E-state index contributed by atoms with van der Waals surface area (Å²) in [5, 5.41) is 12.8. The highest BCUT2D eigenvalue weighted by molar-refractivity contribution is 5.62. The second-order valence-electron chi connectivity index (χ2n) is 4.14. The first kappa shape index (κ1) is 14.1. The van der Waals surface area contributed by atoms with Crippen LogP contribution in [-0.2, 0) is 11.3 Å². The summed E-state index contributed by atoms with van der Waals surface area (Å²) in [6.45, 7) is 0.395. The standard InChI is InChI=1S/C14H17N3O3/c1-15-13-7-10(8-19-2)16-14(17-13)9-4-5-12(20-3)11(18)6-9/h4-7,18H,8H2,1-3H3,(H,15,16,17). The van der Waals surface area contributed by atoms with Crippen LogP contribution in [0.2, 0.25) is 0 Å². The third-order valence-electron chi connectivity index (χ3n) is 2.76. The Hall–Kier alpha value is -2.34. The number of anilines is 1. The normalized spacial score (nSPS) is 10.3. The number of phenols is 1. The first-order valence-corrected chi connectivity index (χ1v) is 6.10. The Morgan fingerprint density at radius 3 is 2.60 bits per heavy atom. The van der Waals surface area contributed by atoms with E-state index in [0.29, 0.717) is 29.6 Å². The zero-order valence-electron chi connectivity index (χ0n) is 11.7. The summed E-state index contributed by atoms with van der Waals surface area (Å²) in [7, 11) is 4.90. The Kier molecular flexibility index (Phi) is 4.37. The molecule has 6 nitrogen and oxygen atoms in total. The van der Waals surface area contributed by atoms with Gasteiger partial charge >= 0.3 is 0 Å². The minimum Gasteiger partial charge on any atom is -0.504 e. The van der Waals surface area contributed by atoms with Gasteiger partial charge in [-0.3, -0.25) is 0 Å². The number of nitrogens with zero attached hydrogens (tertiary/aromatic N) is 2. The van der Waals surface area contributed by atoms with Crippen molar-refractivity contribution in [3.8, 4) is 22.9 Å². The molecule has 0 atom stereocenters. The van der Waals surface area contributed by atoms with E-state index in [4.69, 9.17) is 9.47 Å². The van der Waals surface area contributed by atoms with Gasteiger partial charge in [0, 0.05) is 25.8 Å². The maximum Gasteiger partial charge on any atom is 0.161 e. The third kappa shape index (κ3) is 2.97. The fourth-order valence-corrected chi connectivity index (χ4v) is 1.81. The van der Waals surface area contributed by atoms with Crippen LogP contribution in [0.25, 0.3) is 11.4 Å². The van der Waals surface area contributed by atoms with Gasteiger partial charge in [-0.25, -0.2) is 9.97 Å². The van der Waals surface area contributed by atoms with Crippen LogP contribution in [0.1, 0.15) is 5.69 Å². The van der Waals surface area contributed by atoms with E-state index in [9.17, 15) is 5.11 Å². The summed E-state index contributed by atoms with van der Waals surface area (Å²) >= 11 is 0. The van der Waals surface area contributed by atoms with E-state index in [0.717, 1.165) is 5.69 Å². The molecule has 0 bridgehead atoms. The summed E-state index contributed by atoms with van der Waals surface area (Å²) in [5.41, 5.74) is 1.47. The van der Waals surface area contributed by atoms with Gasteiger partial charge in [0.1, 0.15) is 5.82 Å². The van der Waals surface area contributed by atoms with E-state index >= 15 is 0 Å². The zero-order valence-corrected chi connectivity index (χ0v) is 11.7. The number of benzene rings is 1. The van der Waals surface area contributed by atoms with Crippen molar-refractivity contribution >= 4 is 5.82 Å². The minimum atomic E-state index is 0.0525. The molecule has 0 fully saturated rings. The van der Waals surface area contributed by atoms with Gasteiger partial charge < -0.3 is 19.9 Å². The number of nitrogens with one attached hydrogen (secondary N) is 1. The number of hydrogen-bond donors (Lipinski definition) is 2. The number of phenolic OH excluding ortho intramolecular Hbond substituents is 1. The molecule has 0 unspecified atom stereocenters. The van der Waals surface area contributed by atoms with Gasteiger partial charge in [-0.1, -0.05) is 0 Å². The molecule has 0 amide bonds. The Morgan fingerprint density at radius 2 is 2.00 bits per heavy atom. The van der Waals surface area contributed by atoms with E-state index in [1.807, 2.05) is 6.07 Å². The highest BCUT2D eigenvalue weighted by Gasteiger charge is 2.09. The highest BCUT2D eigenvalue weighted by Crippen LogP contribution is 2.30. The molecule has 2 aromatic rings. The van der Waals surface area contributed by atoms with Crippen molar-refractivity contribution in [1.29, 1.82) is 0 Å². The van der Waals surface area contributed by atoms with E-state index < -0.39 is 0 Å². The molecule has 2 rings (SSSR count). The number of ether oxygens (including phenoxy) is 2. The number of aromatic nitrogens is 2. The second-order valence-corrected chi connectivity index (χ2v) is 4.14. The average Bonchev–Trinajstić information content (AvgIpc) is 2.47. The summed E-state index contributed by atoms with van der Waals surface area (Å²) in [5.74, 6) is 1.67. The highest BCUT2D eigenvalue weighted by atomic mass is 16.5. The van der Waals surface area contributed by atoms with Crippen LogP contribution in [0.15, 0.2) is 24.3 Å². The van der Waals surface area contributed by atoms with Crippen molar-refractivity contribution in [3.05, 3.63) is 30.0 Å². The number of methoxy groups -OCH3 is 2. The number of aromatic hydroxyl groups is 1. The smallest absolute Gasteiger partial charge is 0.161 e. The van der Waals surface area contributed by atoms with Crippen LogP contribution >= 0.6 is 0 Å². The zero-order chi connectivity index (χ0) is 14.5. The van der Waals surface area contributed by atoms with Crippen molar-refractivity contribution in [2.45, 2.75) is 6.61 Å². The first-order valence-electron chi connectivity index (χ1n) is 6.10. The molecule has 106 valence electrons. The van der Waals surface area contributed by atoms with Gasteiger partial charge in [0.25, 0.3) is 0 Å². The molecular formula is C14H17N3O3. The van der Waals surface area contributed by atoms with Crippen molar-refractivity contribution in [2.75, 3.05) is 26.6 Å². The Bertz CT molecular complexity index is 602. The lowest BCUT2D eigenvalue weighted by atomic mass is 10.2. The lowest BCUT2D eigenvalue weighted by Gasteiger charge is -2.09. The molecule has 0 aliphatic carbocycles. The quantitative estimate of drug-likeness (QED) is 0.869. The summed E-state index contributed by atoms with van der Waals surface area (Å²) in [4.78, 5) is 8.78. The van der Waals surface area contributed by atoms with Crippen LogP contribution in [0, 0.1) is 0 Å². The van der Waals surface area contributed by atoms with Crippen molar-refractivity contribution in [3.63, 3.8) is 0 Å². The van der Waals surface area contributed by atoms with Crippen LogP contribution < -0.4 is 10.1 Å². The van der Waals surface area contributed by atoms with Crippen molar-refractivity contribution < 1.29 is 14.6 Å². The predicted octanol–water partition coefficient (Wildman–Crippen LogP) is 2.05. The molecule has 1 aromatic carbocycles.